The van der Waals surface area contributed by atoms with Crippen molar-refractivity contribution in [3.05, 3.63) is 17.3 Å². The van der Waals surface area contributed by atoms with Gasteiger partial charge in [0.15, 0.2) is 0 Å². The van der Waals surface area contributed by atoms with Crippen LogP contribution in [0, 0.1) is 0 Å². The minimum Gasteiger partial charge on any atom is -0.399 e. The van der Waals surface area contributed by atoms with E-state index in [0.29, 0.717) is 16.9 Å². The second kappa shape index (κ2) is 5.58. The van der Waals surface area contributed by atoms with Gasteiger partial charge in [-0.15, -0.1) is 0 Å². The summed E-state index contributed by atoms with van der Waals surface area (Å²) in [5.74, 6) is 0.934. The molecule has 94 valence electrons. The number of hydrogen-bond acceptors (Lipinski definition) is 3. The third-order valence-corrected chi connectivity index (χ3v) is 3.64. The standard InChI is InChI=1S/C13H20ClN3/c1-2-11-6-4-3-5-7-17(11)13-9-10(15)8-12(14)16-13/h8-9,11H,2-7H2,1H3,(H2,15,16). The zero-order valence-electron chi connectivity index (χ0n) is 10.3. The Morgan fingerprint density at radius 1 is 1.41 bits per heavy atom. The summed E-state index contributed by atoms with van der Waals surface area (Å²) in [5.41, 5.74) is 6.53. The predicted molar refractivity (Wildman–Crippen MR) is 73.6 cm³/mol. The van der Waals surface area contributed by atoms with Crippen molar-refractivity contribution >= 4 is 23.1 Å². The Kier molecular flexibility index (Phi) is 4.11. The number of nitrogens with two attached hydrogens (primary N) is 1. The zero-order valence-corrected chi connectivity index (χ0v) is 11.1. The number of nitrogens with zero attached hydrogens (tertiary/aromatic N) is 2. The Bertz CT molecular complexity index is 361. The summed E-state index contributed by atoms with van der Waals surface area (Å²) in [6.45, 7) is 3.29. The number of pyridine rings is 1. The van der Waals surface area contributed by atoms with Gasteiger partial charge in [0.05, 0.1) is 0 Å². The largest absolute Gasteiger partial charge is 0.399 e. The molecule has 1 aliphatic rings. The van der Waals surface area contributed by atoms with Gasteiger partial charge in [-0.1, -0.05) is 31.4 Å². The first-order chi connectivity index (χ1) is 8.20. The predicted octanol–water partition coefficient (Wildman–Crippen LogP) is 3.48. The third-order valence-electron chi connectivity index (χ3n) is 3.45. The fourth-order valence-electron chi connectivity index (χ4n) is 2.55. The fourth-order valence-corrected chi connectivity index (χ4v) is 2.77. The van der Waals surface area contributed by atoms with Crippen molar-refractivity contribution in [2.75, 3.05) is 17.2 Å². The lowest BCUT2D eigenvalue weighted by atomic mass is 10.1. The van der Waals surface area contributed by atoms with E-state index in [0.717, 1.165) is 18.8 Å². The number of halogens is 1. The zero-order chi connectivity index (χ0) is 12.3. The van der Waals surface area contributed by atoms with Crippen LogP contribution in [0.2, 0.25) is 5.15 Å². The number of anilines is 2. The van der Waals surface area contributed by atoms with E-state index in [9.17, 15) is 0 Å². The van der Waals surface area contributed by atoms with Crippen molar-refractivity contribution in [2.24, 2.45) is 0 Å². The summed E-state index contributed by atoms with van der Waals surface area (Å²) in [6.07, 6.45) is 6.23. The Morgan fingerprint density at radius 3 is 2.94 bits per heavy atom. The lowest BCUT2D eigenvalue weighted by Crippen LogP contribution is -2.35. The molecule has 1 aliphatic heterocycles. The van der Waals surface area contributed by atoms with Gasteiger partial charge in [-0.3, -0.25) is 0 Å². The molecule has 4 heteroatoms. The maximum Gasteiger partial charge on any atom is 0.133 e. The Balaban J connectivity index is 2.27. The van der Waals surface area contributed by atoms with E-state index in [2.05, 4.69) is 16.8 Å². The first-order valence-corrected chi connectivity index (χ1v) is 6.78. The molecule has 0 radical (unpaired) electrons. The number of aromatic nitrogens is 1. The molecule has 0 saturated carbocycles. The van der Waals surface area contributed by atoms with Crippen molar-refractivity contribution in [3.8, 4) is 0 Å². The number of rotatable bonds is 2. The van der Waals surface area contributed by atoms with Crippen LogP contribution in [0.15, 0.2) is 12.1 Å². The molecule has 2 heterocycles. The summed E-state index contributed by atoms with van der Waals surface area (Å²) >= 11 is 5.98. The van der Waals surface area contributed by atoms with Gasteiger partial charge in [-0.2, -0.15) is 0 Å². The van der Waals surface area contributed by atoms with Gasteiger partial charge in [0.1, 0.15) is 11.0 Å². The highest BCUT2D eigenvalue weighted by atomic mass is 35.5. The molecule has 0 amide bonds. The summed E-state index contributed by atoms with van der Waals surface area (Å²) in [6, 6.07) is 4.20. The summed E-state index contributed by atoms with van der Waals surface area (Å²) in [4.78, 5) is 6.78. The highest BCUT2D eigenvalue weighted by molar-refractivity contribution is 6.29. The molecule has 3 nitrogen and oxygen atoms in total. The minimum atomic E-state index is 0.485. The van der Waals surface area contributed by atoms with E-state index in [-0.39, 0.29) is 0 Å². The van der Waals surface area contributed by atoms with Gasteiger partial charge < -0.3 is 10.6 Å². The molecule has 1 atom stereocenters. The Labute approximate surface area is 108 Å². The van der Waals surface area contributed by atoms with Crippen LogP contribution in [0.3, 0.4) is 0 Å². The smallest absolute Gasteiger partial charge is 0.133 e. The SMILES string of the molecule is CCC1CCCCCN1c1cc(N)cc(Cl)n1. The maximum absolute atomic E-state index is 5.98. The number of nitrogen functional groups attached to an aromatic ring is 1. The van der Waals surface area contributed by atoms with Crippen LogP contribution < -0.4 is 10.6 Å². The van der Waals surface area contributed by atoms with Crippen LogP contribution in [0.25, 0.3) is 0 Å². The van der Waals surface area contributed by atoms with Crippen molar-refractivity contribution < 1.29 is 0 Å². The van der Waals surface area contributed by atoms with Gasteiger partial charge >= 0.3 is 0 Å². The van der Waals surface area contributed by atoms with E-state index in [4.69, 9.17) is 17.3 Å². The Hall–Kier alpha value is -0.960. The fraction of sp³-hybridized carbons (Fsp3) is 0.615. The first-order valence-electron chi connectivity index (χ1n) is 6.40. The van der Waals surface area contributed by atoms with E-state index in [1.165, 1.54) is 25.7 Å². The van der Waals surface area contributed by atoms with Crippen LogP contribution >= 0.6 is 11.6 Å². The number of hydrogen-bond donors (Lipinski definition) is 1. The minimum absolute atomic E-state index is 0.485. The van der Waals surface area contributed by atoms with Crippen LogP contribution in [0.4, 0.5) is 11.5 Å². The molecule has 1 unspecified atom stereocenters. The Morgan fingerprint density at radius 2 is 2.24 bits per heavy atom. The van der Waals surface area contributed by atoms with Crippen molar-refractivity contribution in [1.29, 1.82) is 0 Å². The third kappa shape index (κ3) is 3.03. The van der Waals surface area contributed by atoms with Crippen molar-refractivity contribution in [2.45, 2.75) is 45.1 Å². The van der Waals surface area contributed by atoms with Gasteiger partial charge in [-0.05, 0) is 25.3 Å². The monoisotopic (exact) mass is 253 g/mol. The highest BCUT2D eigenvalue weighted by Crippen LogP contribution is 2.27. The van der Waals surface area contributed by atoms with Crippen molar-refractivity contribution in [3.63, 3.8) is 0 Å². The van der Waals surface area contributed by atoms with E-state index in [1.54, 1.807) is 6.07 Å². The maximum atomic E-state index is 5.98. The average molecular weight is 254 g/mol. The molecule has 1 saturated heterocycles. The summed E-state index contributed by atoms with van der Waals surface area (Å²) < 4.78 is 0. The van der Waals surface area contributed by atoms with E-state index >= 15 is 0 Å². The molecular formula is C13H20ClN3. The lowest BCUT2D eigenvalue weighted by molar-refractivity contribution is 0.552. The van der Waals surface area contributed by atoms with Gasteiger partial charge in [0, 0.05) is 24.3 Å². The van der Waals surface area contributed by atoms with Crippen LogP contribution in [-0.2, 0) is 0 Å². The van der Waals surface area contributed by atoms with E-state index in [1.807, 2.05) is 6.07 Å². The molecule has 0 bridgehead atoms. The summed E-state index contributed by atoms with van der Waals surface area (Å²) in [7, 11) is 0. The second-order valence-electron chi connectivity index (χ2n) is 4.69. The first kappa shape index (κ1) is 12.5. The molecule has 0 spiro atoms. The normalized spacial score (nSPS) is 21.3. The molecule has 0 aliphatic carbocycles. The quantitative estimate of drug-likeness (QED) is 0.821. The lowest BCUT2D eigenvalue weighted by Gasteiger charge is -2.30. The van der Waals surface area contributed by atoms with E-state index < -0.39 is 0 Å². The molecule has 2 N–H and O–H groups in total. The van der Waals surface area contributed by atoms with Gasteiger partial charge in [-0.25, -0.2) is 4.98 Å². The molecule has 1 aromatic rings. The molecular weight excluding hydrogens is 234 g/mol. The molecule has 17 heavy (non-hydrogen) atoms. The molecule has 1 aromatic heterocycles. The van der Waals surface area contributed by atoms with Crippen LogP contribution in [0.5, 0.6) is 0 Å². The second-order valence-corrected chi connectivity index (χ2v) is 5.07. The van der Waals surface area contributed by atoms with Gasteiger partial charge in [0.25, 0.3) is 0 Å². The molecule has 1 fully saturated rings. The van der Waals surface area contributed by atoms with Crippen molar-refractivity contribution in [1.82, 2.24) is 4.98 Å². The summed E-state index contributed by atoms with van der Waals surface area (Å²) in [5, 5.41) is 0.485. The topological polar surface area (TPSA) is 42.1 Å². The van der Waals surface area contributed by atoms with Gasteiger partial charge in [0.2, 0.25) is 0 Å². The average Bonchev–Trinajstić information content (AvgIpc) is 2.52. The highest BCUT2D eigenvalue weighted by Gasteiger charge is 2.21. The van der Waals surface area contributed by atoms with Crippen LogP contribution in [0.1, 0.15) is 39.0 Å². The molecule has 0 aromatic carbocycles. The van der Waals surface area contributed by atoms with Crippen LogP contribution in [-0.4, -0.2) is 17.6 Å². The molecule has 2 rings (SSSR count).